The van der Waals surface area contributed by atoms with Crippen LogP contribution in [0.5, 0.6) is 5.75 Å². The number of ether oxygens (including phenoxy) is 3. The third-order valence-electron chi connectivity index (χ3n) is 6.70. The van der Waals surface area contributed by atoms with E-state index >= 15 is 4.39 Å². The molecule has 234 valence electrons. The Labute approximate surface area is 248 Å². The molecule has 1 fully saturated rings. The van der Waals surface area contributed by atoms with Gasteiger partial charge in [0.25, 0.3) is 0 Å². The molecule has 2 heterocycles. The molecule has 4 rings (SSSR count). The first-order valence-electron chi connectivity index (χ1n) is 13.9. The van der Waals surface area contributed by atoms with E-state index in [1.165, 1.54) is 13.8 Å². The molecule has 0 aliphatic carbocycles. The number of hydrogen-bond donors (Lipinski definition) is 3. The summed E-state index contributed by atoms with van der Waals surface area (Å²) in [6.45, 7) is 4.32. The van der Waals surface area contributed by atoms with E-state index in [0.29, 0.717) is 6.42 Å². The Morgan fingerprint density at radius 3 is 2.49 bits per heavy atom. The van der Waals surface area contributed by atoms with Crippen LogP contribution >= 0.6 is 8.09 Å². The molecule has 5 atom stereocenters. The van der Waals surface area contributed by atoms with Crippen LogP contribution in [0.3, 0.4) is 0 Å². The molecule has 43 heavy (non-hydrogen) atoms. The molecule has 2 aromatic carbocycles. The van der Waals surface area contributed by atoms with Crippen molar-refractivity contribution < 1.29 is 37.3 Å². The molecule has 0 bridgehead atoms. The minimum atomic E-state index is -4.43. The van der Waals surface area contributed by atoms with E-state index in [1.54, 1.807) is 30.3 Å². The Morgan fingerprint density at radius 1 is 1.16 bits per heavy atom. The second-order valence-corrected chi connectivity index (χ2v) is 12.2. The van der Waals surface area contributed by atoms with Crippen molar-refractivity contribution in [2.75, 3.05) is 13.2 Å². The number of nitrogens with zero attached hydrogens (tertiary/aromatic N) is 1. The second-order valence-electron chi connectivity index (χ2n) is 10.3. The fraction of sp³-hybridized carbons (Fsp3) is 0.414. The number of carbonyl (C=O) groups excluding carboxylic acids is 1. The number of para-hydroxylation sites is 1. The van der Waals surface area contributed by atoms with E-state index < -0.39 is 62.1 Å². The minimum absolute atomic E-state index is 0.0128. The van der Waals surface area contributed by atoms with Crippen molar-refractivity contribution in [3.8, 4) is 5.75 Å². The number of aromatic amines is 1. The first-order chi connectivity index (χ1) is 20.5. The SMILES string of the molecule is CCCOC(=O)[C@H](C)N[PH](O)(OC[C@H]1O[C@@H](n2ccc(=O)[nH]c2=O)[C@](C)(F)[C@@H]1OCc1ccccc1)Oc1ccccc1. The van der Waals surface area contributed by atoms with Crippen LogP contribution in [0.4, 0.5) is 4.39 Å². The molecule has 1 aromatic heterocycles. The number of nitrogens with one attached hydrogen (secondary N) is 2. The summed E-state index contributed by atoms with van der Waals surface area (Å²) in [6.07, 6.45) is -2.21. The number of rotatable bonds is 14. The quantitative estimate of drug-likeness (QED) is 0.181. The Bertz CT molecular complexity index is 1460. The first kappa shape index (κ1) is 32.5. The van der Waals surface area contributed by atoms with Gasteiger partial charge in [0, 0.05) is 0 Å². The van der Waals surface area contributed by atoms with Crippen molar-refractivity contribution >= 4 is 14.1 Å². The normalized spacial score (nSPS) is 23.0. The van der Waals surface area contributed by atoms with Crippen LogP contribution < -0.4 is 20.9 Å². The van der Waals surface area contributed by atoms with Crippen LogP contribution in [0.25, 0.3) is 0 Å². The Hall–Kier alpha value is -3.45. The topological polar surface area (TPSA) is 150 Å². The van der Waals surface area contributed by atoms with E-state index in [2.05, 4.69) is 10.1 Å². The summed E-state index contributed by atoms with van der Waals surface area (Å²) < 4.78 is 46.3. The molecule has 0 saturated carbocycles. The molecule has 14 heteroatoms. The number of benzene rings is 2. The van der Waals surface area contributed by atoms with Crippen LogP contribution in [-0.2, 0) is 30.1 Å². The van der Waals surface area contributed by atoms with Gasteiger partial charge in [0.15, 0.2) is 0 Å². The Morgan fingerprint density at radius 2 is 1.84 bits per heavy atom. The molecule has 1 aliphatic heterocycles. The van der Waals surface area contributed by atoms with Crippen molar-refractivity contribution in [1.82, 2.24) is 14.6 Å². The van der Waals surface area contributed by atoms with Gasteiger partial charge in [-0.2, -0.15) is 0 Å². The van der Waals surface area contributed by atoms with Gasteiger partial charge in [-0.1, -0.05) is 0 Å². The van der Waals surface area contributed by atoms with Crippen molar-refractivity contribution in [3.63, 3.8) is 0 Å². The van der Waals surface area contributed by atoms with Gasteiger partial charge in [-0.25, -0.2) is 0 Å². The Kier molecular flexibility index (Phi) is 10.8. The number of aromatic nitrogens is 2. The zero-order chi connectivity index (χ0) is 31.0. The number of hydrogen-bond acceptors (Lipinski definition) is 10. The van der Waals surface area contributed by atoms with E-state index in [9.17, 15) is 19.3 Å². The molecule has 0 unspecified atom stereocenters. The molecule has 0 radical (unpaired) electrons. The summed E-state index contributed by atoms with van der Waals surface area (Å²) in [5.41, 5.74) is -3.05. The van der Waals surface area contributed by atoms with Gasteiger partial charge in [-0.15, -0.1) is 0 Å². The summed E-state index contributed by atoms with van der Waals surface area (Å²) in [5.74, 6) is -0.362. The molecule has 3 aromatic rings. The number of carbonyl (C=O) groups is 1. The maximum absolute atomic E-state index is 16.5. The first-order valence-corrected chi connectivity index (χ1v) is 15.6. The molecule has 0 spiro atoms. The van der Waals surface area contributed by atoms with Gasteiger partial charge in [0.1, 0.15) is 0 Å². The van der Waals surface area contributed by atoms with Gasteiger partial charge in [-0.3, -0.25) is 0 Å². The summed E-state index contributed by atoms with van der Waals surface area (Å²) in [5, 5.41) is 2.72. The van der Waals surface area contributed by atoms with Crippen LogP contribution in [0.2, 0.25) is 0 Å². The molecular weight excluding hydrogens is 584 g/mol. The predicted octanol–water partition coefficient (Wildman–Crippen LogP) is 3.18. The summed E-state index contributed by atoms with van der Waals surface area (Å²) in [6, 6.07) is 17.5. The predicted molar refractivity (Wildman–Crippen MR) is 157 cm³/mol. The van der Waals surface area contributed by atoms with Crippen LogP contribution in [0, 0.1) is 0 Å². The fourth-order valence-electron chi connectivity index (χ4n) is 4.58. The molecule has 12 nitrogen and oxygen atoms in total. The fourth-order valence-corrected chi connectivity index (χ4v) is 6.30. The van der Waals surface area contributed by atoms with Gasteiger partial charge in [0.2, 0.25) is 0 Å². The molecule has 1 saturated heterocycles. The third kappa shape index (κ3) is 8.35. The Balaban J connectivity index is 1.60. The number of halogens is 1. The van der Waals surface area contributed by atoms with Gasteiger partial charge < -0.3 is 0 Å². The molecule has 3 N–H and O–H groups in total. The zero-order valence-corrected chi connectivity index (χ0v) is 25.1. The van der Waals surface area contributed by atoms with Gasteiger partial charge in [0.05, 0.1) is 0 Å². The third-order valence-corrected chi connectivity index (χ3v) is 8.57. The summed E-state index contributed by atoms with van der Waals surface area (Å²) in [7, 11) is -4.43. The number of alkyl halides is 1. The maximum atomic E-state index is 16.5. The number of H-pyrrole nitrogens is 1. The average molecular weight is 622 g/mol. The van der Waals surface area contributed by atoms with E-state index in [0.717, 1.165) is 22.4 Å². The number of esters is 1. The summed E-state index contributed by atoms with van der Waals surface area (Å²) in [4.78, 5) is 50.3. The standard InChI is InChI=1S/C29H37FN3O9P/c1-4-17-38-26(35)20(2)32-43(37,42-22-13-9-6-10-14-22)40-19-23-25(39-18-21-11-7-5-8-12-21)29(3,30)27(41-23)33-16-15-24(34)31-28(33)36/h5-16,20,23,25,27,32,37,43H,4,17-19H2,1-3H3,(H,31,34,36)/t20-,23+,25+,27+,29+/m0/s1. The van der Waals surface area contributed by atoms with Crippen LogP contribution in [-0.4, -0.2) is 57.5 Å². The van der Waals surface area contributed by atoms with Crippen molar-refractivity contribution in [3.05, 3.63) is 99.3 Å². The van der Waals surface area contributed by atoms with Gasteiger partial charge in [-0.05, 0) is 0 Å². The van der Waals surface area contributed by atoms with E-state index in [-0.39, 0.29) is 19.0 Å². The van der Waals surface area contributed by atoms with Gasteiger partial charge >= 0.3 is 248 Å². The molecule has 1 aliphatic rings. The monoisotopic (exact) mass is 621 g/mol. The van der Waals surface area contributed by atoms with E-state index in [4.69, 9.17) is 23.3 Å². The van der Waals surface area contributed by atoms with Crippen LogP contribution in [0.15, 0.2) is 82.5 Å². The van der Waals surface area contributed by atoms with Crippen molar-refractivity contribution in [2.24, 2.45) is 0 Å². The van der Waals surface area contributed by atoms with Crippen LogP contribution in [0.1, 0.15) is 39.0 Å². The van der Waals surface area contributed by atoms with Crippen molar-refractivity contribution in [2.45, 2.75) is 63.9 Å². The zero-order valence-electron chi connectivity index (χ0n) is 24.1. The second kappa shape index (κ2) is 14.3. The van der Waals surface area contributed by atoms with E-state index in [1.807, 2.05) is 37.3 Å². The molecule has 0 amide bonds. The summed E-state index contributed by atoms with van der Waals surface area (Å²) >= 11 is 0. The van der Waals surface area contributed by atoms with Crippen molar-refractivity contribution in [1.29, 1.82) is 0 Å². The molecular formula is C29H37FN3O9P. The average Bonchev–Trinajstić information content (AvgIpc) is 3.23.